The van der Waals surface area contributed by atoms with Crippen LogP contribution >= 0.6 is 0 Å². The molecule has 3 heterocycles. The third-order valence-corrected chi connectivity index (χ3v) is 4.54. The van der Waals surface area contributed by atoms with Gasteiger partial charge in [-0.15, -0.1) is 5.10 Å². The van der Waals surface area contributed by atoms with Crippen LogP contribution in [0.25, 0.3) is 16.9 Å². The van der Waals surface area contributed by atoms with E-state index in [1.54, 1.807) is 37.0 Å². The Morgan fingerprint density at radius 2 is 1.89 bits per heavy atom. The van der Waals surface area contributed by atoms with E-state index < -0.39 is 0 Å². The highest BCUT2D eigenvalue weighted by atomic mass is 16.5. The number of methoxy groups -OCH3 is 1. The van der Waals surface area contributed by atoms with Crippen LogP contribution in [0.3, 0.4) is 0 Å². The molecule has 1 saturated heterocycles. The molecule has 1 atom stereocenters. The Labute approximate surface area is 156 Å². The van der Waals surface area contributed by atoms with Gasteiger partial charge in [-0.3, -0.25) is 9.59 Å². The van der Waals surface area contributed by atoms with E-state index in [0.29, 0.717) is 17.4 Å². The monoisotopic (exact) mass is 362 g/mol. The van der Waals surface area contributed by atoms with E-state index in [0.717, 1.165) is 11.3 Å². The summed E-state index contributed by atoms with van der Waals surface area (Å²) in [7, 11) is 1.55. The van der Waals surface area contributed by atoms with Gasteiger partial charge in [0.05, 0.1) is 24.7 Å². The highest BCUT2D eigenvalue weighted by molar-refractivity contribution is 6.20. The first-order valence-electron chi connectivity index (χ1n) is 8.61. The number of nitrogens with zero attached hydrogens (tertiary/aromatic N) is 4. The Kier molecular flexibility index (Phi) is 4.19. The lowest BCUT2D eigenvalue weighted by atomic mass is 10.1. The van der Waals surface area contributed by atoms with E-state index in [4.69, 9.17) is 4.74 Å². The molecule has 136 valence electrons. The molecule has 1 aliphatic rings. The van der Waals surface area contributed by atoms with Crippen LogP contribution in [0.4, 0.5) is 5.82 Å². The minimum absolute atomic E-state index is 0.205. The van der Waals surface area contributed by atoms with Crippen LogP contribution in [0.2, 0.25) is 0 Å². The lowest BCUT2D eigenvalue weighted by molar-refractivity contribution is -0.122. The molecule has 4 rings (SSSR count). The first kappa shape index (κ1) is 17.0. The van der Waals surface area contributed by atoms with Gasteiger partial charge in [0.2, 0.25) is 17.7 Å². The Bertz CT molecular complexity index is 996. The Morgan fingerprint density at radius 1 is 1.11 bits per heavy atom. The molecule has 1 aliphatic heterocycles. The predicted molar refractivity (Wildman–Crippen MR) is 99.6 cm³/mol. The topological polar surface area (TPSA) is 77.3 Å². The van der Waals surface area contributed by atoms with Crippen molar-refractivity contribution in [1.82, 2.24) is 14.8 Å². The molecule has 2 amide bonds. The summed E-state index contributed by atoms with van der Waals surface area (Å²) in [6.45, 7) is 1.75. The van der Waals surface area contributed by atoms with Crippen LogP contribution in [0, 0.1) is 5.92 Å². The summed E-state index contributed by atoms with van der Waals surface area (Å²) in [5.74, 6) is 0.0300. The number of aromatic nitrogens is 3. The van der Waals surface area contributed by atoms with Crippen LogP contribution in [0.15, 0.2) is 54.7 Å². The van der Waals surface area contributed by atoms with Crippen molar-refractivity contribution in [2.45, 2.75) is 13.3 Å². The standard InChI is InChI=1S/C20H18N4O3/c1-13-10-19(25)23(20(13)26)17-11-16(14-6-4-3-5-7-14)24(22-17)15-8-9-18(27-2)21-12-15/h3-9,11-13H,10H2,1-2H3. The van der Waals surface area contributed by atoms with Crippen molar-refractivity contribution in [3.05, 3.63) is 54.7 Å². The van der Waals surface area contributed by atoms with Gasteiger partial charge in [-0.25, -0.2) is 14.6 Å². The maximum absolute atomic E-state index is 12.4. The number of benzene rings is 1. The van der Waals surface area contributed by atoms with Gasteiger partial charge in [0.25, 0.3) is 0 Å². The Balaban J connectivity index is 1.85. The Morgan fingerprint density at radius 3 is 2.48 bits per heavy atom. The van der Waals surface area contributed by atoms with Crippen molar-refractivity contribution in [3.8, 4) is 22.8 Å². The number of carbonyl (C=O) groups excluding carboxylic acids is 2. The summed E-state index contributed by atoms with van der Waals surface area (Å²) < 4.78 is 6.79. The number of imide groups is 1. The maximum atomic E-state index is 12.4. The third-order valence-electron chi connectivity index (χ3n) is 4.54. The fourth-order valence-corrected chi connectivity index (χ4v) is 3.13. The molecule has 1 fully saturated rings. The number of hydrogen-bond donors (Lipinski definition) is 0. The molecule has 1 unspecified atom stereocenters. The number of hydrogen-bond acceptors (Lipinski definition) is 5. The normalized spacial score (nSPS) is 16.8. The smallest absolute Gasteiger partial charge is 0.238 e. The quantitative estimate of drug-likeness (QED) is 0.667. The number of ether oxygens (including phenoxy) is 1. The first-order chi connectivity index (χ1) is 13.1. The highest BCUT2D eigenvalue weighted by Crippen LogP contribution is 2.31. The molecule has 0 N–H and O–H groups in total. The summed E-state index contributed by atoms with van der Waals surface area (Å²) in [5.41, 5.74) is 2.38. The van der Waals surface area contributed by atoms with E-state index >= 15 is 0 Å². The molecular weight excluding hydrogens is 344 g/mol. The van der Waals surface area contributed by atoms with Crippen LogP contribution in [-0.2, 0) is 9.59 Å². The van der Waals surface area contributed by atoms with Gasteiger partial charge in [-0.1, -0.05) is 37.3 Å². The SMILES string of the molecule is COc1ccc(-n2nc(N3C(=O)CC(C)C3=O)cc2-c2ccccc2)cn1. The molecule has 0 aliphatic carbocycles. The largest absolute Gasteiger partial charge is 0.481 e. The zero-order valence-corrected chi connectivity index (χ0v) is 15.0. The predicted octanol–water partition coefficient (Wildman–Crippen LogP) is 2.84. The van der Waals surface area contributed by atoms with Gasteiger partial charge in [-0.05, 0) is 6.07 Å². The second-order valence-corrected chi connectivity index (χ2v) is 6.40. The van der Waals surface area contributed by atoms with E-state index in [2.05, 4.69) is 10.1 Å². The number of anilines is 1. The average molecular weight is 362 g/mol. The van der Waals surface area contributed by atoms with Crippen molar-refractivity contribution < 1.29 is 14.3 Å². The second kappa shape index (κ2) is 6.68. The highest BCUT2D eigenvalue weighted by Gasteiger charge is 2.38. The lowest BCUT2D eigenvalue weighted by Crippen LogP contribution is -2.30. The van der Waals surface area contributed by atoms with Gasteiger partial charge in [0.1, 0.15) is 0 Å². The lowest BCUT2D eigenvalue weighted by Gasteiger charge is -2.10. The van der Waals surface area contributed by atoms with Crippen molar-refractivity contribution in [2.75, 3.05) is 12.0 Å². The number of rotatable bonds is 4. The average Bonchev–Trinajstić information content (AvgIpc) is 3.23. The van der Waals surface area contributed by atoms with Crippen LogP contribution in [0.5, 0.6) is 5.88 Å². The first-order valence-corrected chi connectivity index (χ1v) is 8.61. The zero-order chi connectivity index (χ0) is 19.0. The summed E-state index contributed by atoms with van der Waals surface area (Å²) in [4.78, 5) is 30.1. The van der Waals surface area contributed by atoms with E-state index in [1.807, 2.05) is 36.4 Å². The number of pyridine rings is 1. The van der Waals surface area contributed by atoms with E-state index in [9.17, 15) is 9.59 Å². The molecular formula is C20H18N4O3. The number of carbonyl (C=O) groups is 2. The third kappa shape index (κ3) is 2.97. The molecule has 1 aromatic carbocycles. The van der Waals surface area contributed by atoms with Gasteiger partial charge >= 0.3 is 0 Å². The van der Waals surface area contributed by atoms with Crippen LogP contribution in [-0.4, -0.2) is 33.7 Å². The Hall–Kier alpha value is -3.48. The van der Waals surface area contributed by atoms with Crippen LogP contribution < -0.4 is 9.64 Å². The van der Waals surface area contributed by atoms with Gasteiger partial charge in [0, 0.05) is 30.0 Å². The zero-order valence-electron chi connectivity index (χ0n) is 15.0. The molecule has 0 bridgehead atoms. The molecule has 0 saturated carbocycles. The van der Waals surface area contributed by atoms with E-state index in [-0.39, 0.29) is 24.2 Å². The summed E-state index contributed by atoms with van der Waals surface area (Å²) in [5, 5.41) is 4.55. The molecule has 7 nitrogen and oxygen atoms in total. The second-order valence-electron chi connectivity index (χ2n) is 6.40. The van der Waals surface area contributed by atoms with Crippen molar-refractivity contribution in [3.63, 3.8) is 0 Å². The molecule has 0 spiro atoms. The van der Waals surface area contributed by atoms with E-state index in [1.165, 1.54) is 4.90 Å². The molecule has 0 radical (unpaired) electrons. The molecule has 3 aromatic rings. The molecule has 7 heteroatoms. The van der Waals surface area contributed by atoms with Gasteiger partial charge < -0.3 is 4.74 Å². The minimum atomic E-state index is -0.328. The van der Waals surface area contributed by atoms with Crippen molar-refractivity contribution in [2.24, 2.45) is 5.92 Å². The van der Waals surface area contributed by atoms with Crippen LogP contribution in [0.1, 0.15) is 13.3 Å². The van der Waals surface area contributed by atoms with Crippen molar-refractivity contribution in [1.29, 1.82) is 0 Å². The summed E-state index contributed by atoms with van der Waals surface area (Å²) >= 11 is 0. The molecule has 2 aromatic heterocycles. The summed E-state index contributed by atoms with van der Waals surface area (Å²) in [6.07, 6.45) is 1.84. The number of amides is 2. The maximum Gasteiger partial charge on any atom is 0.238 e. The fourth-order valence-electron chi connectivity index (χ4n) is 3.13. The van der Waals surface area contributed by atoms with Gasteiger partial charge in [0.15, 0.2) is 5.82 Å². The summed E-state index contributed by atoms with van der Waals surface area (Å²) in [6, 6.07) is 15.0. The van der Waals surface area contributed by atoms with Gasteiger partial charge in [-0.2, -0.15) is 0 Å². The van der Waals surface area contributed by atoms with Crippen molar-refractivity contribution >= 4 is 17.6 Å². The fraction of sp³-hybridized carbons (Fsp3) is 0.200. The molecule has 27 heavy (non-hydrogen) atoms. The minimum Gasteiger partial charge on any atom is -0.481 e.